The molecule has 1 aliphatic carbocycles. The van der Waals surface area contributed by atoms with Crippen LogP contribution in [0.4, 0.5) is 0 Å². The standard InChI is InChI=1S/C28H40ClN3O2/c1-4-27(33)31(18-16-22(2)3)21-28(34)32(24-12-6-5-7-13-24)20-25-14-10-17-30(25)19-23-11-8-9-15-26(23)29/h8-11,14-15,17,22,24H,4-7,12-13,16,18-21H2,1-3H3. The lowest BCUT2D eigenvalue weighted by atomic mass is 9.94. The van der Waals surface area contributed by atoms with E-state index >= 15 is 0 Å². The lowest BCUT2D eigenvalue weighted by molar-refractivity contribution is -0.142. The Balaban J connectivity index is 1.79. The highest BCUT2D eigenvalue weighted by Crippen LogP contribution is 2.25. The van der Waals surface area contributed by atoms with E-state index < -0.39 is 0 Å². The monoisotopic (exact) mass is 485 g/mol. The summed E-state index contributed by atoms with van der Waals surface area (Å²) in [6, 6.07) is 12.2. The van der Waals surface area contributed by atoms with Crippen molar-refractivity contribution in [3.05, 3.63) is 58.9 Å². The van der Waals surface area contributed by atoms with Gasteiger partial charge < -0.3 is 14.4 Å². The largest absolute Gasteiger partial charge is 0.345 e. The van der Waals surface area contributed by atoms with Gasteiger partial charge in [-0.25, -0.2) is 0 Å². The molecule has 34 heavy (non-hydrogen) atoms. The van der Waals surface area contributed by atoms with Gasteiger partial charge in [-0.15, -0.1) is 0 Å². The number of amides is 2. The molecule has 0 bridgehead atoms. The summed E-state index contributed by atoms with van der Waals surface area (Å²) in [5.74, 6) is 0.604. The molecule has 0 atom stereocenters. The molecule has 5 nitrogen and oxygen atoms in total. The van der Waals surface area contributed by atoms with Crippen molar-refractivity contribution < 1.29 is 9.59 Å². The van der Waals surface area contributed by atoms with Gasteiger partial charge in [0, 0.05) is 42.5 Å². The maximum atomic E-state index is 13.7. The van der Waals surface area contributed by atoms with Crippen LogP contribution in [0.25, 0.3) is 0 Å². The van der Waals surface area contributed by atoms with Gasteiger partial charge in [0.25, 0.3) is 0 Å². The van der Waals surface area contributed by atoms with Crippen molar-refractivity contribution in [1.29, 1.82) is 0 Å². The first-order chi connectivity index (χ1) is 16.4. The van der Waals surface area contributed by atoms with Crippen LogP contribution in [0.2, 0.25) is 5.02 Å². The van der Waals surface area contributed by atoms with Crippen molar-refractivity contribution in [2.75, 3.05) is 13.1 Å². The summed E-state index contributed by atoms with van der Waals surface area (Å²) >= 11 is 6.41. The number of carbonyl (C=O) groups is 2. The molecule has 1 saturated carbocycles. The Morgan fingerprint density at radius 3 is 2.47 bits per heavy atom. The molecule has 1 aromatic heterocycles. The number of nitrogens with zero attached hydrogens (tertiary/aromatic N) is 3. The Kier molecular flexibility index (Phi) is 10.1. The quantitative estimate of drug-likeness (QED) is 0.384. The van der Waals surface area contributed by atoms with E-state index in [0.29, 0.717) is 32.0 Å². The second kappa shape index (κ2) is 13.0. The number of hydrogen-bond donors (Lipinski definition) is 0. The lowest BCUT2D eigenvalue weighted by Crippen LogP contribution is -2.47. The minimum Gasteiger partial charge on any atom is -0.345 e. The Labute approximate surface area is 210 Å². The molecular weight excluding hydrogens is 446 g/mol. The molecule has 0 radical (unpaired) electrons. The third-order valence-electron chi connectivity index (χ3n) is 6.85. The van der Waals surface area contributed by atoms with E-state index in [2.05, 4.69) is 30.7 Å². The summed E-state index contributed by atoms with van der Waals surface area (Å²) in [4.78, 5) is 30.1. The van der Waals surface area contributed by atoms with Crippen LogP contribution in [0.5, 0.6) is 0 Å². The molecule has 0 saturated heterocycles. The van der Waals surface area contributed by atoms with Gasteiger partial charge in [0.2, 0.25) is 11.8 Å². The molecule has 1 aliphatic rings. The first-order valence-electron chi connectivity index (χ1n) is 12.8. The van der Waals surface area contributed by atoms with E-state index in [1.54, 1.807) is 4.90 Å². The molecule has 0 N–H and O–H groups in total. The van der Waals surface area contributed by atoms with Crippen molar-refractivity contribution in [2.45, 2.75) is 84.8 Å². The fraction of sp³-hybridized carbons (Fsp3) is 0.571. The normalized spacial score (nSPS) is 14.4. The number of hydrogen-bond acceptors (Lipinski definition) is 2. The summed E-state index contributed by atoms with van der Waals surface area (Å²) in [7, 11) is 0. The van der Waals surface area contributed by atoms with Gasteiger partial charge in [-0.1, -0.05) is 69.8 Å². The fourth-order valence-corrected chi connectivity index (χ4v) is 4.92. The Hall–Kier alpha value is -2.27. The predicted molar refractivity (Wildman–Crippen MR) is 139 cm³/mol. The summed E-state index contributed by atoms with van der Waals surface area (Å²) in [6.07, 6.45) is 8.99. The number of benzene rings is 1. The van der Waals surface area contributed by atoms with E-state index in [-0.39, 0.29) is 24.4 Å². The van der Waals surface area contributed by atoms with E-state index in [1.807, 2.05) is 42.2 Å². The second-order valence-electron chi connectivity index (χ2n) is 9.88. The number of aromatic nitrogens is 1. The van der Waals surface area contributed by atoms with Crippen molar-refractivity contribution >= 4 is 23.4 Å². The van der Waals surface area contributed by atoms with Crippen molar-refractivity contribution in [1.82, 2.24) is 14.4 Å². The molecule has 0 unspecified atom stereocenters. The molecule has 1 aromatic carbocycles. The molecule has 2 amide bonds. The third kappa shape index (κ3) is 7.36. The van der Waals surface area contributed by atoms with Gasteiger partial charge in [0.05, 0.1) is 13.1 Å². The van der Waals surface area contributed by atoms with Gasteiger partial charge >= 0.3 is 0 Å². The highest BCUT2D eigenvalue weighted by Gasteiger charge is 2.28. The van der Waals surface area contributed by atoms with Crippen molar-refractivity contribution in [3.63, 3.8) is 0 Å². The lowest BCUT2D eigenvalue weighted by Gasteiger charge is -2.36. The highest BCUT2D eigenvalue weighted by molar-refractivity contribution is 6.31. The van der Waals surface area contributed by atoms with Gasteiger partial charge in [-0.05, 0) is 48.9 Å². The van der Waals surface area contributed by atoms with E-state index in [0.717, 1.165) is 48.4 Å². The number of carbonyl (C=O) groups excluding carboxylic acids is 2. The average Bonchev–Trinajstić information content (AvgIpc) is 3.28. The first kappa shape index (κ1) is 26.3. The Morgan fingerprint density at radius 2 is 1.79 bits per heavy atom. The zero-order chi connectivity index (χ0) is 24.5. The van der Waals surface area contributed by atoms with Crippen LogP contribution < -0.4 is 0 Å². The van der Waals surface area contributed by atoms with Gasteiger partial charge in [-0.2, -0.15) is 0 Å². The zero-order valence-electron chi connectivity index (χ0n) is 21.0. The van der Waals surface area contributed by atoms with E-state index in [9.17, 15) is 9.59 Å². The van der Waals surface area contributed by atoms with Crippen LogP contribution in [0.1, 0.15) is 77.0 Å². The smallest absolute Gasteiger partial charge is 0.242 e. The molecule has 6 heteroatoms. The van der Waals surface area contributed by atoms with Crippen LogP contribution in [0, 0.1) is 5.92 Å². The molecule has 1 heterocycles. The maximum Gasteiger partial charge on any atom is 0.242 e. The Bertz CT molecular complexity index is 933. The molecule has 0 spiro atoms. The topological polar surface area (TPSA) is 45.6 Å². The van der Waals surface area contributed by atoms with Gasteiger partial charge in [0.1, 0.15) is 0 Å². The average molecular weight is 486 g/mol. The second-order valence-corrected chi connectivity index (χ2v) is 10.3. The van der Waals surface area contributed by atoms with Crippen molar-refractivity contribution in [3.8, 4) is 0 Å². The number of halogens is 1. The summed E-state index contributed by atoms with van der Waals surface area (Å²) in [5, 5.41) is 0.751. The van der Waals surface area contributed by atoms with Crippen LogP contribution in [-0.4, -0.2) is 45.3 Å². The predicted octanol–water partition coefficient (Wildman–Crippen LogP) is 6.14. The minimum atomic E-state index is 0.0553. The summed E-state index contributed by atoms with van der Waals surface area (Å²) < 4.78 is 2.18. The molecule has 1 fully saturated rings. The molecule has 0 aliphatic heterocycles. The molecular formula is C28H40ClN3O2. The highest BCUT2D eigenvalue weighted by atomic mass is 35.5. The SMILES string of the molecule is CCC(=O)N(CCC(C)C)CC(=O)N(Cc1cccn1Cc1ccccc1Cl)C1CCCCC1. The van der Waals surface area contributed by atoms with Crippen molar-refractivity contribution in [2.24, 2.45) is 5.92 Å². The van der Waals surface area contributed by atoms with Crippen LogP contribution in [0.15, 0.2) is 42.6 Å². The van der Waals surface area contributed by atoms with Gasteiger partial charge in [-0.3, -0.25) is 9.59 Å². The zero-order valence-corrected chi connectivity index (χ0v) is 21.8. The fourth-order valence-electron chi connectivity index (χ4n) is 4.73. The summed E-state index contributed by atoms with van der Waals surface area (Å²) in [5.41, 5.74) is 2.15. The molecule has 3 rings (SSSR count). The van der Waals surface area contributed by atoms with E-state index in [1.165, 1.54) is 6.42 Å². The summed E-state index contributed by atoms with van der Waals surface area (Å²) in [6.45, 7) is 8.20. The van der Waals surface area contributed by atoms with Crippen LogP contribution in [0.3, 0.4) is 0 Å². The first-order valence-corrected chi connectivity index (χ1v) is 13.2. The third-order valence-corrected chi connectivity index (χ3v) is 7.22. The van der Waals surface area contributed by atoms with E-state index in [4.69, 9.17) is 11.6 Å². The van der Waals surface area contributed by atoms with Gasteiger partial charge in [0.15, 0.2) is 0 Å². The van der Waals surface area contributed by atoms with Crippen LogP contribution in [-0.2, 0) is 22.7 Å². The maximum absolute atomic E-state index is 13.7. The molecule has 2 aromatic rings. The Morgan fingerprint density at radius 1 is 1.06 bits per heavy atom. The molecule has 186 valence electrons. The number of rotatable bonds is 11. The van der Waals surface area contributed by atoms with Crippen LogP contribution >= 0.6 is 11.6 Å². The minimum absolute atomic E-state index is 0.0553.